The molecule has 1 saturated heterocycles. The molecule has 0 aromatic heterocycles. The first-order chi connectivity index (χ1) is 12.5. The lowest BCUT2D eigenvalue weighted by Crippen LogP contribution is -2.52. The molecule has 1 aliphatic heterocycles. The molecule has 2 bridgehead atoms. The first-order valence-electron chi connectivity index (χ1n) is 9.74. The van der Waals surface area contributed by atoms with E-state index < -0.39 is 11.6 Å². The maximum absolute atomic E-state index is 13.9. The van der Waals surface area contributed by atoms with E-state index >= 15 is 0 Å². The Morgan fingerprint density at radius 2 is 1.92 bits per heavy atom. The molecule has 5 atom stereocenters. The number of nitrogens with one attached hydrogen (secondary N) is 1. The highest BCUT2D eigenvalue weighted by molar-refractivity contribution is 5.80. The van der Waals surface area contributed by atoms with Crippen molar-refractivity contribution in [3.63, 3.8) is 0 Å². The molecule has 6 heteroatoms. The molecule has 3 aliphatic rings. The summed E-state index contributed by atoms with van der Waals surface area (Å²) in [5, 5.41) is 3.17. The lowest BCUT2D eigenvalue weighted by molar-refractivity contribution is -0.128. The molecule has 26 heavy (non-hydrogen) atoms. The zero-order valence-electron chi connectivity index (χ0n) is 15.0. The molecule has 2 aliphatic carbocycles. The zero-order valence-corrected chi connectivity index (χ0v) is 15.0. The summed E-state index contributed by atoms with van der Waals surface area (Å²) in [6, 6.07) is 3.97. The van der Waals surface area contributed by atoms with Crippen molar-refractivity contribution in [3.8, 4) is 0 Å². The van der Waals surface area contributed by atoms with Crippen LogP contribution in [0.5, 0.6) is 0 Å². The molecule has 4 nitrogen and oxygen atoms in total. The maximum atomic E-state index is 13.9. The van der Waals surface area contributed by atoms with Crippen LogP contribution in [0, 0.1) is 29.4 Å². The Bertz CT molecular complexity index is 661. The fourth-order valence-electron chi connectivity index (χ4n) is 5.25. The van der Waals surface area contributed by atoms with Crippen molar-refractivity contribution in [1.82, 2.24) is 10.2 Å². The van der Waals surface area contributed by atoms with Crippen LogP contribution in [0.1, 0.15) is 37.7 Å². The molecule has 1 aromatic rings. The quantitative estimate of drug-likeness (QED) is 0.864. The van der Waals surface area contributed by atoms with E-state index in [0.29, 0.717) is 18.4 Å². The maximum Gasteiger partial charge on any atom is 0.225 e. The molecular formula is C20H27F2N3O. The van der Waals surface area contributed by atoms with E-state index in [4.69, 9.17) is 5.73 Å². The van der Waals surface area contributed by atoms with Crippen LogP contribution in [0.2, 0.25) is 0 Å². The zero-order chi connectivity index (χ0) is 18.3. The summed E-state index contributed by atoms with van der Waals surface area (Å²) in [4.78, 5) is 14.8. The van der Waals surface area contributed by atoms with E-state index in [1.807, 2.05) is 4.90 Å². The van der Waals surface area contributed by atoms with Crippen LogP contribution in [0.15, 0.2) is 18.2 Å². The highest BCUT2D eigenvalue weighted by atomic mass is 19.1. The molecule has 4 rings (SSSR count). The van der Waals surface area contributed by atoms with Gasteiger partial charge in [-0.25, -0.2) is 8.78 Å². The van der Waals surface area contributed by atoms with Crippen LogP contribution < -0.4 is 11.1 Å². The van der Waals surface area contributed by atoms with E-state index in [2.05, 4.69) is 5.32 Å². The second-order valence-electron chi connectivity index (χ2n) is 8.22. The number of hydrogen-bond acceptors (Lipinski definition) is 3. The smallest absolute Gasteiger partial charge is 0.225 e. The van der Waals surface area contributed by atoms with E-state index in [-0.39, 0.29) is 36.0 Å². The van der Waals surface area contributed by atoms with Crippen LogP contribution in [-0.2, 0) is 11.3 Å². The van der Waals surface area contributed by atoms with Gasteiger partial charge in [0, 0.05) is 30.7 Å². The standard InChI is InChI=1S/C20H27F2N3O/c21-16-4-1-5-17(22)15(16)11-25-8-2-3-14(10-25)24-20(26)18-12-6-7-13(9-12)19(18)23/h1,4-5,12-14,18-19H,2-3,6-11,23H2,(H,24,26). The molecule has 0 radical (unpaired) electrons. The Kier molecular flexibility index (Phi) is 4.97. The average Bonchev–Trinajstić information content (AvgIpc) is 3.20. The predicted molar refractivity (Wildman–Crippen MR) is 95.1 cm³/mol. The van der Waals surface area contributed by atoms with Gasteiger partial charge >= 0.3 is 0 Å². The lowest BCUT2D eigenvalue weighted by Gasteiger charge is -2.35. The van der Waals surface area contributed by atoms with Crippen molar-refractivity contribution >= 4 is 5.91 Å². The molecule has 1 amide bonds. The van der Waals surface area contributed by atoms with E-state index in [0.717, 1.165) is 38.6 Å². The van der Waals surface area contributed by atoms with Gasteiger partial charge in [-0.15, -0.1) is 0 Å². The fraction of sp³-hybridized carbons (Fsp3) is 0.650. The van der Waals surface area contributed by atoms with Crippen LogP contribution in [0.25, 0.3) is 0 Å². The molecule has 0 spiro atoms. The van der Waals surface area contributed by atoms with Gasteiger partial charge in [0.2, 0.25) is 5.91 Å². The SMILES string of the molecule is NC1C2CCC(C2)C1C(=O)NC1CCCN(Cc2c(F)cccc2F)C1. The van der Waals surface area contributed by atoms with Crippen LogP contribution >= 0.6 is 0 Å². The van der Waals surface area contributed by atoms with Crippen molar-refractivity contribution in [2.45, 2.75) is 50.7 Å². The first-order valence-corrected chi connectivity index (χ1v) is 9.74. The van der Waals surface area contributed by atoms with Gasteiger partial charge in [-0.3, -0.25) is 9.69 Å². The van der Waals surface area contributed by atoms with Gasteiger partial charge < -0.3 is 11.1 Å². The Balaban J connectivity index is 1.36. The highest BCUT2D eigenvalue weighted by Crippen LogP contribution is 2.47. The van der Waals surface area contributed by atoms with E-state index in [9.17, 15) is 13.6 Å². The van der Waals surface area contributed by atoms with E-state index in [1.165, 1.54) is 18.2 Å². The summed E-state index contributed by atoms with van der Waals surface area (Å²) in [5.74, 6) is -0.0696. The summed E-state index contributed by atoms with van der Waals surface area (Å²) in [5.41, 5.74) is 6.38. The number of carbonyl (C=O) groups is 1. The van der Waals surface area contributed by atoms with E-state index in [1.54, 1.807) is 0 Å². The predicted octanol–water partition coefficient (Wildman–Crippen LogP) is 2.42. The second kappa shape index (κ2) is 7.24. The number of nitrogens with zero attached hydrogens (tertiary/aromatic N) is 1. The second-order valence-corrected chi connectivity index (χ2v) is 8.22. The number of halogens is 2. The first kappa shape index (κ1) is 17.9. The van der Waals surface area contributed by atoms with Crippen LogP contribution in [0.4, 0.5) is 8.78 Å². The van der Waals surface area contributed by atoms with Crippen molar-refractivity contribution in [2.24, 2.45) is 23.5 Å². The number of hydrogen-bond donors (Lipinski definition) is 2. The summed E-state index contributed by atoms with van der Waals surface area (Å²) >= 11 is 0. The van der Waals surface area contributed by atoms with Crippen molar-refractivity contribution in [2.75, 3.05) is 13.1 Å². The number of likely N-dealkylation sites (tertiary alicyclic amines) is 1. The third-order valence-corrected chi connectivity index (χ3v) is 6.58. The third-order valence-electron chi connectivity index (χ3n) is 6.58. The largest absolute Gasteiger partial charge is 0.352 e. The van der Waals surface area contributed by atoms with Crippen LogP contribution in [0.3, 0.4) is 0 Å². The lowest BCUT2D eigenvalue weighted by atomic mass is 9.84. The number of fused-ring (bicyclic) bond motifs is 2. The molecule has 142 valence electrons. The molecule has 5 unspecified atom stereocenters. The monoisotopic (exact) mass is 363 g/mol. The molecular weight excluding hydrogens is 336 g/mol. The van der Waals surface area contributed by atoms with Gasteiger partial charge in [-0.1, -0.05) is 6.07 Å². The van der Waals surface area contributed by atoms with Gasteiger partial charge in [0.1, 0.15) is 11.6 Å². The number of piperidine rings is 1. The number of nitrogens with two attached hydrogens (primary N) is 1. The molecule has 1 aromatic carbocycles. The van der Waals surface area contributed by atoms with Gasteiger partial charge in [-0.05, 0) is 62.6 Å². The summed E-state index contributed by atoms with van der Waals surface area (Å²) < 4.78 is 27.8. The Labute approximate surface area is 153 Å². The molecule has 3 N–H and O–H groups in total. The minimum atomic E-state index is -0.510. The molecule has 3 fully saturated rings. The summed E-state index contributed by atoms with van der Waals surface area (Å²) in [6.45, 7) is 1.64. The Morgan fingerprint density at radius 1 is 1.19 bits per heavy atom. The number of rotatable bonds is 4. The topological polar surface area (TPSA) is 58.4 Å². The fourth-order valence-corrected chi connectivity index (χ4v) is 5.25. The van der Waals surface area contributed by atoms with Crippen molar-refractivity contribution < 1.29 is 13.6 Å². The highest BCUT2D eigenvalue weighted by Gasteiger charge is 2.49. The molecule has 2 saturated carbocycles. The molecule has 1 heterocycles. The number of carbonyl (C=O) groups excluding carboxylic acids is 1. The van der Waals surface area contributed by atoms with Crippen molar-refractivity contribution in [3.05, 3.63) is 35.4 Å². The minimum Gasteiger partial charge on any atom is -0.352 e. The summed E-state index contributed by atoms with van der Waals surface area (Å²) in [6.07, 6.45) is 5.16. The Morgan fingerprint density at radius 3 is 2.62 bits per heavy atom. The number of benzene rings is 1. The normalized spacial score (nSPS) is 34.2. The van der Waals surface area contributed by atoms with Gasteiger partial charge in [0.15, 0.2) is 0 Å². The third kappa shape index (κ3) is 3.37. The van der Waals surface area contributed by atoms with Gasteiger partial charge in [-0.2, -0.15) is 0 Å². The average molecular weight is 363 g/mol. The van der Waals surface area contributed by atoms with Gasteiger partial charge in [0.05, 0.1) is 5.92 Å². The minimum absolute atomic E-state index is 0.0130. The number of amides is 1. The van der Waals surface area contributed by atoms with Crippen LogP contribution in [-0.4, -0.2) is 36.0 Å². The van der Waals surface area contributed by atoms with Gasteiger partial charge in [0.25, 0.3) is 0 Å². The van der Waals surface area contributed by atoms with Crippen molar-refractivity contribution in [1.29, 1.82) is 0 Å². The Hall–Kier alpha value is -1.53. The summed E-state index contributed by atoms with van der Waals surface area (Å²) in [7, 11) is 0.